The van der Waals surface area contributed by atoms with Crippen molar-refractivity contribution in [2.24, 2.45) is 0 Å². The Hall–Kier alpha value is -2.40. The van der Waals surface area contributed by atoms with Crippen molar-refractivity contribution in [2.45, 2.75) is 25.4 Å². The molecule has 0 radical (unpaired) electrons. The van der Waals surface area contributed by atoms with Crippen molar-refractivity contribution in [3.8, 4) is 5.75 Å². The summed E-state index contributed by atoms with van der Waals surface area (Å²) < 4.78 is 19.3. The van der Waals surface area contributed by atoms with Gasteiger partial charge in [-0.25, -0.2) is 9.37 Å². The van der Waals surface area contributed by atoms with Gasteiger partial charge in [0.25, 0.3) is 0 Å². The van der Waals surface area contributed by atoms with Crippen molar-refractivity contribution in [1.29, 1.82) is 0 Å². The van der Waals surface area contributed by atoms with Crippen LogP contribution in [0.15, 0.2) is 42.7 Å². The van der Waals surface area contributed by atoms with Crippen LogP contribution in [0.1, 0.15) is 18.5 Å². The summed E-state index contributed by atoms with van der Waals surface area (Å²) in [6.07, 6.45) is 4.61. The summed E-state index contributed by atoms with van der Waals surface area (Å²) in [6, 6.07) is 9.37. The zero-order chi connectivity index (χ0) is 17.4. The van der Waals surface area contributed by atoms with E-state index in [4.69, 9.17) is 16.3 Å². The Balaban J connectivity index is 1.59. The van der Waals surface area contributed by atoms with Gasteiger partial charge in [0.2, 0.25) is 0 Å². The summed E-state index contributed by atoms with van der Waals surface area (Å²) in [6.45, 7) is 1.97. The molecular formula is C19H17ClFN3O. The number of rotatable bonds is 5. The molecule has 2 heterocycles. The smallest absolute Gasteiger partial charge is 0.145 e. The zero-order valence-corrected chi connectivity index (χ0v) is 14.5. The van der Waals surface area contributed by atoms with Crippen molar-refractivity contribution >= 4 is 33.9 Å². The van der Waals surface area contributed by atoms with E-state index in [0.717, 1.165) is 22.2 Å². The molecule has 3 aromatic rings. The number of anilines is 2. The summed E-state index contributed by atoms with van der Waals surface area (Å²) in [5.74, 6) is 1.36. The Morgan fingerprint density at radius 2 is 2.08 bits per heavy atom. The molecule has 6 heteroatoms. The molecule has 0 amide bonds. The molecule has 0 aliphatic heterocycles. The lowest BCUT2D eigenvalue weighted by molar-refractivity contribution is 0.178. The number of nitrogens with zero attached hydrogens (tertiary/aromatic N) is 2. The number of fused-ring (bicyclic) bond motifs is 1. The van der Waals surface area contributed by atoms with E-state index < -0.39 is 5.67 Å². The fraction of sp³-hybridized carbons (Fsp3) is 0.263. The minimum Gasteiger partial charge on any atom is -0.490 e. The molecule has 25 heavy (non-hydrogen) atoms. The van der Waals surface area contributed by atoms with Crippen LogP contribution in [-0.4, -0.2) is 22.2 Å². The number of halogens is 2. The highest BCUT2D eigenvalue weighted by molar-refractivity contribution is 6.31. The third kappa shape index (κ3) is 3.51. The Morgan fingerprint density at radius 3 is 2.84 bits per heavy atom. The van der Waals surface area contributed by atoms with Crippen molar-refractivity contribution in [2.75, 3.05) is 11.9 Å². The van der Waals surface area contributed by atoms with Crippen molar-refractivity contribution in [3.05, 3.63) is 53.4 Å². The molecule has 0 saturated heterocycles. The Bertz CT molecular complexity index is 943. The minimum atomic E-state index is -1.13. The topological polar surface area (TPSA) is 47.0 Å². The summed E-state index contributed by atoms with van der Waals surface area (Å²) in [5, 5.41) is 5.74. The standard InChI is InChI=1S/C19H17ClFN3O/c1-12-17(20)9-14(10-23-12)24-18-16-3-2-15(8-13(16)4-7-22-18)25-11-19(21)5-6-19/h2-4,7-10H,5-6,11H2,1H3,(H,22,24). The zero-order valence-electron chi connectivity index (χ0n) is 13.7. The molecule has 1 aromatic carbocycles. The van der Waals surface area contributed by atoms with Crippen LogP contribution in [0.4, 0.5) is 15.9 Å². The van der Waals surface area contributed by atoms with E-state index in [1.807, 2.05) is 37.3 Å². The van der Waals surface area contributed by atoms with Crippen LogP contribution in [-0.2, 0) is 0 Å². The second-order valence-electron chi connectivity index (χ2n) is 6.40. The lowest BCUT2D eigenvalue weighted by Crippen LogP contribution is -2.13. The van der Waals surface area contributed by atoms with Gasteiger partial charge >= 0.3 is 0 Å². The first-order valence-corrected chi connectivity index (χ1v) is 8.50. The van der Waals surface area contributed by atoms with Gasteiger partial charge in [0, 0.05) is 11.6 Å². The third-order valence-corrected chi connectivity index (χ3v) is 4.70. The summed E-state index contributed by atoms with van der Waals surface area (Å²) in [5.41, 5.74) is 0.419. The molecule has 1 aliphatic rings. The van der Waals surface area contributed by atoms with Gasteiger partial charge < -0.3 is 10.1 Å². The van der Waals surface area contributed by atoms with Crippen LogP contribution in [0.2, 0.25) is 5.02 Å². The Labute approximate surface area is 150 Å². The maximum atomic E-state index is 13.7. The predicted octanol–water partition coefficient (Wildman–Crippen LogP) is 5.22. The molecule has 1 fully saturated rings. The second kappa shape index (κ2) is 6.15. The number of hydrogen-bond acceptors (Lipinski definition) is 4. The van der Waals surface area contributed by atoms with Crippen LogP contribution in [0.5, 0.6) is 5.75 Å². The fourth-order valence-electron chi connectivity index (χ4n) is 2.55. The highest BCUT2D eigenvalue weighted by Gasteiger charge is 2.44. The van der Waals surface area contributed by atoms with Crippen LogP contribution in [0.25, 0.3) is 10.8 Å². The molecule has 2 aromatic heterocycles. The van der Waals surface area contributed by atoms with Gasteiger partial charge in [0.15, 0.2) is 0 Å². The van der Waals surface area contributed by atoms with Gasteiger partial charge in [-0.1, -0.05) is 11.6 Å². The maximum Gasteiger partial charge on any atom is 0.145 e. The monoisotopic (exact) mass is 357 g/mol. The van der Waals surface area contributed by atoms with E-state index in [1.165, 1.54) is 0 Å². The predicted molar refractivity (Wildman–Crippen MR) is 97.6 cm³/mol. The molecule has 4 rings (SSSR count). The van der Waals surface area contributed by atoms with Crippen molar-refractivity contribution in [3.63, 3.8) is 0 Å². The molecule has 4 nitrogen and oxygen atoms in total. The van der Waals surface area contributed by atoms with E-state index in [1.54, 1.807) is 12.4 Å². The molecule has 1 aliphatic carbocycles. The SMILES string of the molecule is Cc1ncc(Nc2nccc3cc(OCC4(F)CC4)ccc23)cc1Cl. The first-order chi connectivity index (χ1) is 12.0. The van der Waals surface area contributed by atoms with Crippen LogP contribution in [0, 0.1) is 6.92 Å². The van der Waals surface area contributed by atoms with E-state index in [2.05, 4.69) is 15.3 Å². The van der Waals surface area contributed by atoms with E-state index in [9.17, 15) is 4.39 Å². The molecule has 0 bridgehead atoms. The van der Waals surface area contributed by atoms with Gasteiger partial charge in [-0.2, -0.15) is 0 Å². The molecular weight excluding hydrogens is 341 g/mol. The first kappa shape index (κ1) is 16.1. The average Bonchev–Trinajstić information content (AvgIpc) is 3.34. The normalized spacial score (nSPS) is 15.2. The number of hydrogen-bond donors (Lipinski definition) is 1. The minimum absolute atomic E-state index is 0.113. The van der Waals surface area contributed by atoms with Gasteiger partial charge in [-0.3, -0.25) is 4.98 Å². The number of nitrogens with one attached hydrogen (secondary N) is 1. The summed E-state index contributed by atoms with van der Waals surface area (Å²) in [7, 11) is 0. The fourth-order valence-corrected chi connectivity index (χ4v) is 2.72. The number of aromatic nitrogens is 2. The average molecular weight is 358 g/mol. The molecule has 128 valence electrons. The van der Waals surface area contributed by atoms with Gasteiger partial charge in [-0.15, -0.1) is 0 Å². The Morgan fingerprint density at radius 1 is 1.24 bits per heavy atom. The number of aryl methyl sites for hydroxylation is 1. The first-order valence-electron chi connectivity index (χ1n) is 8.12. The quantitative estimate of drug-likeness (QED) is 0.680. The van der Waals surface area contributed by atoms with Crippen molar-refractivity contribution < 1.29 is 9.13 Å². The highest BCUT2D eigenvalue weighted by Crippen LogP contribution is 2.40. The lowest BCUT2D eigenvalue weighted by Gasteiger charge is -2.12. The number of benzene rings is 1. The summed E-state index contributed by atoms with van der Waals surface area (Å²) in [4.78, 5) is 8.64. The van der Waals surface area contributed by atoms with Crippen LogP contribution < -0.4 is 10.1 Å². The molecule has 0 spiro atoms. The third-order valence-electron chi connectivity index (χ3n) is 4.31. The maximum absolute atomic E-state index is 13.7. The number of ether oxygens (including phenoxy) is 1. The molecule has 1 saturated carbocycles. The molecule has 0 unspecified atom stereocenters. The second-order valence-corrected chi connectivity index (χ2v) is 6.81. The highest BCUT2D eigenvalue weighted by atomic mass is 35.5. The van der Waals surface area contributed by atoms with E-state index in [-0.39, 0.29) is 6.61 Å². The number of pyridine rings is 2. The van der Waals surface area contributed by atoms with Crippen LogP contribution >= 0.6 is 11.6 Å². The van der Waals surface area contributed by atoms with Gasteiger partial charge in [0.05, 0.1) is 22.6 Å². The lowest BCUT2D eigenvalue weighted by atomic mass is 10.1. The van der Waals surface area contributed by atoms with Gasteiger partial charge in [-0.05, 0) is 55.5 Å². The van der Waals surface area contributed by atoms with Crippen LogP contribution in [0.3, 0.4) is 0 Å². The number of alkyl halides is 1. The van der Waals surface area contributed by atoms with Crippen molar-refractivity contribution in [1.82, 2.24) is 9.97 Å². The molecule has 1 N–H and O–H groups in total. The summed E-state index contributed by atoms with van der Waals surface area (Å²) >= 11 is 6.13. The largest absolute Gasteiger partial charge is 0.490 e. The van der Waals surface area contributed by atoms with Gasteiger partial charge in [0.1, 0.15) is 23.8 Å². The van der Waals surface area contributed by atoms with E-state index >= 15 is 0 Å². The Kier molecular flexibility index (Phi) is 3.96. The molecule has 0 atom stereocenters. The van der Waals surface area contributed by atoms with E-state index in [0.29, 0.717) is 29.4 Å².